The third kappa shape index (κ3) is 4.91. The van der Waals surface area contributed by atoms with Gasteiger partial charge in [-0.05, 0) is 59.2 Å². The number of hydrogen-bond acceptors (Lipinski definition) is 1. The highest BCUT2D eigenvalue weighted by atomic mass is 79.9. The highest BCUT2D eigenvalue weighted by Gasteiger charge is 2.14. The highest BCUT2D eigenvalue weighted by Crippen LogP contribution is 2.31. The SMILES string of the molecule is Clc1ccc(-c2cn(-c3ccccc3)c(Cc3ccc(-c4ccc(Br)cc4)cc3)n2)c(Cl)c1. The van der Waals surface area contributed by atoms with Gasteiger partial charge in [-0.2, -0.15) is 0 Å². The number of hydrogen-bond donors (Lipinski definition) is 0. The summed E-state index contributed by atoms with van der Waals surface area (Å²) in [6.07, 6.45) is 2.73. The average Bonchev–Trinajstić information content (AvgIpc) is 3.24. The number of imidazole rings is 1. The molecule has 2 nitrogen and oxygen atoms in total. The summed E-state index contributed by atoms with van der Waals surface area (Å²) in [6.45, 7) is 0. The number of para-hydroxylation sites is 1. The molecule has 33 heavy (non-hydrogen) atoms. The number of rotatable bonds is 5. The van der Waals surface area contributed by atoms with E-state index >= 15 is 0 Å². The van der Waals surface area contributed by atoms with Crippen molar-refractivity contribution >= 4 is 39.1 Å². The summed E-state index contributed by atoms with van der Waals surface area (Å²) < 4.78 is 3.20. The van der Waals surface area contributed by atoms with Crippen molar-refractivity contribution in [3.05, 3.63) is 129 Å². The lowest BCUT2D eigenvalue weighted by Gasteiger charge is -2.08. The Morgan fingerprint density at radius 2 is 1.42 bits per heavy atom. The summed E-state index contributed by atoms with van der Waals surface area (Å²) in [6, 6.07) is 32.7. The van der Waals surface area contributed by atoms with Crippen molar-refractivity contribution < 1.29 is 0 Å². The zero-order valence-corrected chi connectivity index (χ0v) is 20.6. The molecule has 0 unspecified atom stereocenters. The van der Waals surface area contributed by atoms with Gasteiger partial charge in [0.1, 0.15) is 5.82 Å². The van der Waals surface area contributed by atoms with Gasteiger partial charge >= 0.3 is 0 Å². The van der Waals surface area contributed by atoms with Gasteiger partial charge in [-0.25, -0.2) is 4.98 Å². The Bertz CT molecular complexity index is 1390. The van der Waals surface area contributed by atoms with Crippen molar-refractivity contribution in [1.29, 1.82) is 0 Å². The fraction of sp³-hybridized carbons (Fsp3) is 0.0357. The van der Waals surface area contributed by atoms with E-state index in [0.29, 0.717) is 16.5 Å². The fourth-order valence-corrected chi connectivity index (χ4v) is 4.59. The van der Waals surface area contributed by atoms with Crippen LogP contribution in [-0.2, 0) is 6.42 Å². The molecule has 5 rings (SSSR count). The van der Waals surface area contributed by atoms with Crippen LogP contribution in [0.25, 0.3) is 28.1 Å². The first-order valence-electron chi connectivity index (χ1n) is 10.5. The van der Waals surface area contributed by atoms with E-state index in [1.54, 1.807) is 6.07 Å². The van der Waals surface area contributed by atoms with Crippen LogP contribution in [0.5, 0.6) is 0 Å². The third-order valence-electron chi connectivity index (χ3n) is 5.51. The molecule has 0 amide bonds. The van der Waals surface area contributed by atoms with E-state index in [9.17, 15) is 0 Å². The highest BCUT2D eigenvalue weighted by molar-refractivity contribution is 9.10. The van der Waals surface area contributed by atoms with Crippen LogP contribution < -0.4 is 0 Å². The molecule has 4 aromatic carbocycles. The number of halogens is 3. The van der Waals surface area contributed by atoms with Crippen LogP contribution in [0.15, 0.2) is 108 Å². The molecule has 5 aromatic rings. The molecule has 0 saturated heterocycles. The van der Waals surface area contributed by atoms with Crippen molar-refractivity contribution in [2.24, 2.45) is 0 Å². The molecule has 0 radical (unpaired) electrons. The molecule has 0 aliphatic rings. The zero-order valence-electron chi connectivity index (χ0n) is 17.6. The fourth-order valence-electron chi connectivity index (χ4n) is 3.82. The van der Waals surface area contributed by atoms with E-state index in [0.717, 1.165) is 27.2 Å². The van der Waals surface area contributed by atoms with E-state index in [-0.39, 0.29) is 0 Å². The minimum absolute atomic E-state index is 0.589. The Kier molecular flexibility index (Phi) is 6.37. The first-order valence-corrected chi connectivity index (χ1v) is 12.1. The van der Waals surface area contributed by atoms with E-state index in [4.69, 9.17) is 28.2 Å². The monoisotopic (exact) mass is 532 g/mol. The van der Waals surface area contributed by atoms with Gasteiger partial charge in [-0.3, -0.25) is 0 Å². The zero-order chi connectivity index (χ0) is 22.8. The van der Waals surface area contributed by atoms with Crippen LogP contribution in [0, 0.1) is 0 Å². The minimum atomic E-state index is 0.589. The summed E-state index contributed by atoms with van der Waals surface area (Å²) in [5.41, 5.74) is 6.31. The first-order chi connectivity index (χ1) is 16.1. The second kappa shape index (κ2) is 9.56. The number of benzene rings is 4. The standard InChI is InChI=1S/C28H19BrCl2N2/c29-22-12-10-21(11-13-22)20-8-6-19(7-9-20)16-28-32-27(25-15-14-23(30)17-26(25)31)18-33(28)24-4-2-1-3-5-24/h1-15,17-18H,16H2. The Hall–Kier alpha value is -2.85. The third-order valence-corrected chi connectivity index (χ3v) is 6.59. The molecule has 1 heterocycles. The lowest BCUT2D eigenvalue weighted by atomic mass is 10.0. The summed E-state index contributed by atoms with van der Waals surface area (Å²) >= 11 is 16.1. The predicted molar refractivity (Wildman–Crippen MR) is 141 cm³/mol. The second-order valence-corrected chi connectivity index (χ2v) is 9.51. The summed E-state index contributed by atoms with van der Waals surface area (Å²) in [5, 5.41) is 1.20. The van der Waals surface area contributed by atoms with Gasteiger partial charge in [0, 0.05) is 33.4 Å². The molecule has 0 bridgehead atoms. The molecule has 0 atom stereocenters. The Labute approximate surface area is 211 Å². The molecule has 162 valence electrons. The quantitative estimate of drug-likeness (QED) is 0.220. The maximum atomic E-state index is 6.48. The van der Waals surface area contributed by atoms with Crippen LogP contribution in [-0.4, -0.2) is 9.55 Å². The average molecular weight is 534 g/mol. The maximum absolute atomic E-state index is 6.48. The van der Waals surface area contributed by atoms with Crippen molar-refractivity contribution in [3.63, 3.8) is 0 Å². The van der Waals surface area contributed by atoms with Crippen LogP contribution in [0.1, 0.15) is 11.4 Å². The molecule has 0 saturated carbocycles. The van der Waals surface area contributed by atoms with Crippen molar-refractivity contribution in [2.45, 2.75) is 6.42 Å². The molecule has 0 aliphatic carbocycles. The second-order valence-electron chi connectivity index (χ2n) is 7.75. The minimum Gasteiger partial charge on any atom is -0.303 e. The largest absolute Gasteiger partial charge is 0.303 e. The molecule has 1 aromatic heterocycles. The van der Waals surface area contributed by atoms with Crippen molar-refractivity contribution in [3.8, 4) is 28.1 Å². The molecular weight excluding hydrogens is 515 g/mol. The van der Waals surface area contributed by atoms with E-state index in [2.05, 4.69) is 81.2 Å². The molecule has 0 fully saturated rings. The number of nitrogens with zero attached hydrogens (tertiary/aromatic N) is 2. The van der Waals surface area contributed by atoms with Crippen molar-refractivity contribution in [1.82, 2.24) is 9.55 Å². The summed E-state index contributed by atoms with van der Waals surface area (Å²) in [5.74, 6) is 0.943. The van der Waals surface area contributed by atoms with Gasteiger partial charge < -0.3 is 4.57 Å². The van der Waals surface area contributed by atoms with Crippen LogP contribution in [0.2, 0.25) is 10.0 Å². The van der Waals surface area contributed by atoms with E-state index in [1.165, 1.54) is 16.7 Å². The van der Waals surface area contributed by atoms with Crippen LogP contribution >= 0.6 is 39.1 Å². The van der Waals surface area contributed by atoms with Gasteiger partial charge in [-0.15, -0.1) is 0 Å². The lowest BCUT2D eigenvalue weighted by Crippen LogP contribution is -2.01. The molecular formula is C28H19BrCl2N2. The number of aromatic nitrogens is 2. The molecule has 0 aliphatic heterocycles. The van der Waals surface area contributed by atoms with Gasteiger partial charge in [0.15, 0.2) is 0 Å². The van der Waals surface area contributed by atoms with E-state index < -0.39 is 0 Å². The van der Waals surface area contributed by atoms with Gasteiger partial charge in [0.05, 0.1) is 10.7 Å². The topological polar surface area (TPSA) is 17.8 Å². The predicted octanol–water partition coefficient (Wildman–Crippen LogP) is 8.87. The smallest absolute Gasteiger partial charge is 0.118 e. The Morgan fingerprint density at radius 3 is 2.09 bits per heavy atom. The van der Waals surface area contributed by atoms with Gasteiger partial charge in [0.2, 0.25) is 0 Å². The normalized spacial score (nSPS) is 11.0. The molecule has 5 heteroatoms. The summed E-state index contributed by atoms with van der Waals surface area (Å²) in [4.78, 5) is 4.96. The van der Waals surface area contributed by atoms with Gasteiger partial charge in [0.25, 0.3) is 0 Å². The maximum Gasteiger partial charge on any atom is 0.118 e. The lowest BCUT2D eigenvalue weighted by molar-refractivity contribution is 0.914. The van der Waals surface area contributed by atoms with Crippen molar-refractivity contribution in [2.75, 3.05) is 0 Å². The van der Waals surface area contributed by atoms with Crippen LogP contribution in [0.3, 0.4) is 0 Å². The van der Waals surface area contributed by atoms with Gasteiger partial charge in [-0.1, -0.05) is 93.7 Å². The molecule has 0 spiro atoms. The Balaban J connectivity index is 1.50. The van der Waals surface area contributed by atoms with E-state index in [1.807, 2.05) is 36.5 Å². The van der Waals surface area contributed by atoms with Crippen LogP contribution in [0.4, 0.5) is 0 Å². The molecule has 0 N–H and O–H groups in total. The Morgan fingerprint density at radius 1 is 0.758 bits per heavy atom. The first kappa shape index (κ1) is 22.0. The summed E-state index contributed by atoms with van der Waals surface area (Å²) in [7, 11) is 0.